The molecule has 146 valence electrons. The summed E-state index contributed by atoms with van der Waals surface area (Å²) in [6.45, 7) is 0. The molecule has 7 rings (SSSR count). The summed E-state index contributed by atoms with van der Waals surface area (Å²) in [6.07, 6.45) is 8.88. The van der Waals surface area contributed by atoms with E-state index in [-0.39, 0.29) is 0 Å². The average molecular weight is 443 g/mol. The van der Waals surface area contributed by atoms with E-state index < -0.39 is 0 Å². The molecule has 0 saturated heterocycles. The van der Waals surface area contributed by atoms with E-state index in [0.717, 1.165) is 22.2 Å². The van der Waals surface area contributed by atoms with Crippen LogP contribution in [0.25, 0.3) is 22.3 Å². The third-order valence-corrected chi connectivity index (χ3v) is 8.46. The third-order valence-electron chi connectivity index (χ3n) is 7.93. The predicted molar refractivity (Wildman–Crippen MR) is 125 cm³/mol. The number of hydrogen-bond acceptors (Lipinski definition) is 0. The lowest BCUT2D eigenvalue weighted by molar-refractivity contribution is -0.00518. The second-order valence-corrected chi connectivity index (χ2v) is 10.8. The van der Waals surface area contributed by atoms with Crippen LogP contribution in [-0.4, -0.2) is 0 Å². The summed E-state index contributed by atoms with van der Waals surface area (Å²) in [5.41, 5.74) is 7.29. The molecule has 0 aliphatic heterocycles. The molecule has 0 atom stereocenters. The molecule has 0 radical (unpaired) electrons. The highest BCUT2D eigenvalue weighted by Crippen LogP contribution is 2.60. The van der Waals surface area contributed by atoms with Crippen LogP contribution in [0.5, 0.6) is 0 Å². The Bertz CT molecular complexity index is 976. The van der Waals surface area contributed by atoms with Gasteiger partial charge in [0, 0.05) is 4.47 Å². The van der Waals surface area contributed by atoms with Crippen molar-refractivity contribution in [2.24, 2.45) is 17.8 Å². The molecule has 4 bridgehead atoms. The first-order valence-electron chi connectivity index (χ1n) is 11.1. The zero-order valence-corrected chi connectivity index (χ0v) is 18.4. The quantitative estimate of drug-likeness (QED) is 0.382. The van der Waals surface area contributed by atoms with E-state index >= 15 is 0 Å². The molecule has 4 aliphatic rings. The summed E-state index contributed by atoms with van der Waals surface area (Å²) in [5, 5.41) is 0. The van der Waals surface area contributed by atoms with Crippen LogP contribution < -0.4 is 0 Å². The summed E-state index contributed by atoms with van der Waals surface area (Å²) in [4.78, 5) is 0. The summed E-state index contributed by atoms with van der Waals surface area (Å²) in [5.74, 6) is 3.02. The normalized spacial score (nSPS) is 29.9. The molecule has 3 aromatic carbocycles. The minimum atomic E-state index is 0.499. The van der Waals surface area contributed by atoms with Crippen molar-refractivity contribution in [3.05, 3.63) is 82.8 Å². The van der Waals surface area contributed by atoms with Crippen LogP contribution in [0.4, 0.5) is 0 Å². The molecule has 4 aliphatic carbocycles. The Morgan fingerprint density at radius 3 is 1.28 bits per heavy atom. The van der Waals surface area contributed by atoms with E-state index in [1.807, 2.05) is 0 Å². The SMILES string of the molecule is Brc1ccc(-c2ccc(-c3ccc(C45CC6CC(CC(C6)C4)C5)cc3)cc2)cc1. The highest BCUT2D eigenvalue weighted by molar-refractivity contribution is 9.10. The van der Waals surface area contributed by atoms with E-state index in [2.05, 4.69) is 88.7 Å². The van der Waals surface area contributed by atoms with Crippen molar-refractivity contribution in [2.75, 3.05) is 0 Å². The molecule has 0 N–H and O–H groups in total. The lowest BCUT2D eigenvalue weighted by Crippen LogP contribution is -2.48. The minimum absolute atomic E-state index is 0.499. The fraction of sp³-hybridized carbons (Fsp3) is 0.357. The predicted octanol–water partition coefficient (Wildman–Crippen LogP) is 8.25. The van der Waals surface area contributed by atoms with E-state index in [1.54, 1.807) is 5.56 Å². The van der Waals surface area contributed by atoms with Crippen molar-refractivity contribution >= 4 is 15.9 Å². The first kappa shape index (κ1) is 18.0. The highest BCUT2D eigenvalue weighted by Gasteiger charge is 2.51. The van der Waals surface area contributed by atoms with Crippen LogP contribution >= 0.6 is 15.9 Å². The minimum Gasteiger partial charge on any atom is -0.0579 e. The molecular weight excluding hydrogens is 416 g/mol. The fourth-order valence-corrected chi connectivity index (χ4v) is 7.24. The lowest BCUT2D eigenvalue weighted by Gasteiger charge is -2.57. The standard InChI is InChI=1S/C28H27Br/c29-27-11-7-25(8-12-27)23-3-1-22(2-4-23)24-5-9-26(10-6-24)28-16-19-13-20(17-28)15-21(14-19)18-28/h1-12,19-21H,13-18H2. The molecule has 4 fully saturated rings. The Balaban J connectivity index is 1.25. The number of benzene rings is 3. The van der Waals surface area contributed by atoms with Crippen molar-refractivity contribution in [3.63, 3.8) is 0 Å². The van der Waals surface area contributed by atoms with Gasteiger partial charge in [-0.3, -0.25) is 0 Å². The zero-order valence-electron chi connectivity index (χ0n) is 16.8. The van der Waals surface area contributed by atoms with Gasteiger partial charge in [0.25, 0.3) is 0 Å². The van der Waals surface area contributed by atoms with Gasteiger partial charge in [0.05, 0.1) is 0 Å². The molecule has 1 heteroatoms. The van der Waals surface area contributed by atoms with Gasteiger partial charge in [-0.15, -0.1) is 0 Å². The van der Waals surface area contributed by atoms with Gasteiger partial charge in [0.1, 0.15) is 0 Å². The number of hydrogen-bond donors (Lipinski definition) is 0. The molecule has 0 amide bonds. The smallest absolute Gasteiger partial charge is 0.0175 e. The van der Waals surface area contributed by atoms with Crippen molar-refractivity contribution in [1.82, 2.24) is 0 Å². The lowest BCUT2D eigenvalue weighted by atomic mass is 9.48. The van der Waals surface area contributed by atoms with Crippen molar-refractivity contribution in [2.45, 2.75) is 43.9 Å². The summed E-state index contributed by atoms with van der Waals surface area (Å²) >= 11 is 3.52. The van der Waals surface area contributed by atoms with Gasteiger partial charge in [-0.1, -0.05) is 76.6 Å². The Morgan fingerprint density at radius 1 is 0.517 bits per heavy atom. The van der Waals surface area contributed by atoms with Crippen molar-refractivity contribution in [1.29, 1.82) is 0 Å². The van der Waals surface area contributed by atoms with Gasteiger partial charge in [-0.2, -0.15) is 0 Å². The number of halogens is 1. The highest BCUT2D eigenvalue weighted by atomic mass is 79.9. The van der Waals surface area contributed by atoms with Crippen LogP contribution in [0.3, 0.4) is 0 Å². The zero-order chi connectivity index (χ0) is 19.4. The van der Waals surface area contributed by atoms with E-state index in [1.165, 1.54) is 60.8 Å². The Kier molecular flexibility index (Phi) is 4.24. The van der Waals surface area contributed by atoms with Gasteiger partial charge < -0.3 is 0 Å². The van der Waals surface area contributed by atoms with E-state index in [4.69, 9.17) is 0 Å². The molecule has 0 spiro atoms. The van der Waals surface area contributed by atoms with Crippen LogP contribution in [0, 0.1) is 17.8 Å². The van der Waals surface area contributed by atoms with Gasteiger partial charge in [0.2, 0.25) is 0 Å². The fourth-order valence-electron chi connectivity index (χ4n) is 6.98. The molecule has 0 heterocycles. The molecular formula is C28H27Br. The summed E-state index contributed by atoms with van der Waals surface area (Å²) in [6, 6.07) is 27.2. The Morgan fingerprint density at radius 2 is 0.862 bits per heavy atom. The maximum Gasteiger partial charge on any atom is 0.0175 e. The monoisotopic (exact) mass is 442 g/mol. The first-order valence-corrected chi connectivity index (χ1v) is 11.9. The van der Waals surface area contributed by atoms with Gasteiger partial charge in [-0.25, -0.2) is 0 Å². The van der Waals surface area contributed by atoms with Crippen molar-refractivity contribution in [3.8, 4) is 22.3 Å². The van der Waals surface area contributed by atoms with Gasteiger partial charge in [0.15, 0.2) is 0 Å². The van der Waals surface area contributed by atoms with E-state index in [0.29, 0.717) is 5.41 Å². The molecule has 0 aromatic heterocycles. The van der Waals surface area contributed by atoms with Crippen LogP contribution in [0.2, 0.25) is 0 Å². The number of rotatable bonds is 3. The maximum absolute atomic E-state index is 3.52. The van der Waals surface area contributed by atoms with Gasteiger partial charge in [-0.05, 0) is 102 Å². The Hall–Kier alpha value is -1.86. The van der Waals surface area contributed by atoms with E-state index in [9.17, 15) is 0 Å². The first-order chi connectivity index (χ1) is 14.2. The average Bonchev–Trinajstić information content (AvgIpc) is 2.74. The molecule has 4 saturated carbocycles. The molecule has 3 aromatic rings. The van der Waals surface area contributed by atoms with Crippen LogP contribution in [0.15, 0.2) is 77.3 Å². The largest absolute Gasteiger partial charge is 0.0579 e. The molecule has 0 unspecified atom stereocenters. The Labute approximate surface area is 182 Å². The summed E-state index contributed by atoms with van der Waals surface area (Å²) in [7, 11) is 0. The second kappa shape index (κ2) is 6.84. The summed E-state index contributed by atoms with van der Waals surface area (Å²) < 4.78 is 1.12. The van der Waals surface area contributed by atoms with Crippen molar-refractivity contribution < 1.29 is 0 Å². The molecule has 0 nitrogen and oxygen atoms in total. The topological polar surface area (TPSA) is 0 Å². The maximum atomic E-state index is 3.52. The van der Waals surface area contributed by atoms with Crippen LogP contribution in [-0.2, 0) is 5.41 Å². The second-order valence-electron chi connectivity index (χ2n) is 9.86. The molecule has 29 heavy (non-hydrogen) atoms. The van der Waals surface area contributed by atoms with Gasteiger partial charge >= 0.3 is 0 Å². The third kappa shape index (κ3) is 3.19. The van der Waals surface area contributed by atoms with Crippen LogP contribution in [0.1, 0.15) is 44.1 Å².